The van der Waals surface area contributed by atoms with E-state index in [4.69, 9.17) is 13.9 Å². The van der Waals surface area contributed by atoms with Crippen molar-refractivity contribution >= 4 is 11.0 Å². The molecule has 5 atom stereocenters. The number of aliphatic hydroxyl groups excluding tert-OH is 4. The maximum Gasteiger partial charge on any atom is 0.197 e. The molecular weight excluding hydrogens is 428 g/mol. The molecule has 170 valence electrons. The highest BCUT2D eigenvalue weighted by molar-refractivity contribution is 5.88. The lowest BCUT2D eigenvalue weighted by Crippen LogP contribution is -2.54. The van der Waals surface area contributed by atoms with Crippen molar-refractivity contribution in [1.29, 1.82) is 0 Å². The van der Waals surface area contributed by atoms with Gasteiger partial charge in [0.2, 0.25) is 0 Å². The molecule has 2 aromatic carbocycles. The molecule has 2 heterocycles. The summed E-state index contributed by atoms with van der Waals surface area (Å²) in [7, 11) is 1.35. The largest absolute Gasteiger partial charge is 0.507 e. The second-order valence-corrected chi connectivity index (χ2v) is 7.31. The molecule has 4 rings (SSSR count). The van der Waals surface area contributed by atoms with Crippen molar-refractivity contribution in [2.24, 2.45) is 0 Å². The van der Waals surface area contributed by atoms with Crippen LogP contribution in [0.25, 0.3) is 22.3 Å². The number of aromatic hydroxyl groups is 3. The molecule has 5 unspecified atom stereocenters. The fraction of sp³-hybridized carbons (Fsp3) is 0.286. The van der Waals surface area contributed by atoms with Crippen LogP contribution < -0.4 is 10.2 Å². The average Bonchev–Trinajstić information content (AvgIpc) is 2.75. The predicted molar refractivity (Wildman–Crippen MR) is 107 cm³/mol. The van der Waals surface area contributed by atoms with Gasteiger partial charge in [0.15, 0.2) is 23.2 Å². The lowest BCUT2D eigenvalue weighted by Gasteiger charge is -2.38. The van der Waals surface area contributed by atoms with Crippen LogP contribution in [0.15, 0.2) is 39.5 Å². The number of rotatable bonds is 3. The van der Waals surface area contributed by atoms with E-state index in [-0.39, 0.29) is 28.2 Å². The van der Waals surface area contributed by atoms with E-state index in [0.717, 1.165) is 12.1 Å². The van der Waals surface area contributed by atoms with E-state index in [1.165, 1.54) is 25.3 Å². The molecule has 11 nitrogen and oxygen atoms in total. The van der Waals surface area contributed by atoms with E-state index in [0.29, 0.717) is 5.56 Å². The zero-order chi connectivity index (χ0) is 23.3. The minimum absolute atomic E-state index is 0.0512. The minimum Gasteiger partial charge on any atom is -0.507 e. The van der Waals surface area contributed by atoms with Gasteiger partial charge < -0.3 is 49.6 Å². The molecule has 0 spiro atoms. The fourth-order valence-corrected chi connectivity index (χ4v) is 3.66. The van der Waals surface area contributed by atoms with Crippen LogP contribution in [-0.2, 0) is 4.74 Å². The first-order valence-electron chi connectivity index (χ1n) is 9.41. The van der Waals surface area contributed by atoms with Crippen LogP contribution in [0.2, 0.25) is 0 Å². The zero-order valence-electron chi connectivity index (χ0n) is 16.5. The van der Waals surface area contributed by atoms with Crippen molar-refractivity contribution in [3.8, 4) is 34.3 Å². The number of fused-ring (bicyclic) bond motifs is 1. The molecule has 0 saturated carbocycles. The number of hydrogen-bond acceptors (Lipinski definition) is 11. The van der Waals surface area contributed by atoms with Crippen molar-refractivity contribution in [2.75, 3.05) is 7.11 Å². The second kappa shape index (κ2) is 7.97. The van der Waals surface area contributed by atoms with Crippen LogP contribution in [0.3, 0.4) is 0 Å². The summed E-state index contributed by atoms with van der Waals surface area (Å²) in [6.45, 7) is 0. The molecular formula is C21H20O11. The van der Waals surface area contributed by atoms with Gasteiger partial charge >= 0.3 is 0 Å². The standard InChI is InChI=1S/C21H20O11/c1-30-12-4-7(2-3-8(12)22)11-5-9(23)14-13(31-11)6-10(24)15(16(14)25)20-18(27)17(26)19(28)21(29)32-20/h2-6,17-22,24-29H,1H3. The summed E-state index contributed by atoms with van der Waals surface area (Å²) in [6, 6.07) is 6.31. The van der Waals surface area contributed by atoms with Gasteiger partial charge in [-0.1, -0.05) is 0 Å². The molecule has 7 N–H and O–H groups in total. The molecule has 1 aliphatic heterocycles. The Hall–Kier alpha value is -3.35. The third kappa shape index (κ3) is 3.42. The Morgan fingerprint density at radius 1 is 0.906 bits per heavy atom. The van der Waals surface area contributed by atoms with Crippen molar-refractivity contribution < 1.29 is 49.6 Å². The maximum absolute atomic E-state index is 12.8. The summed E-state index contributed by atoms with van der Waals surface area (Å²) in [5.74, 6) is -1.38. The molecule has 0 amide bonds. The van der Waals surface area contributed by atoms with Crippen molar-refractivity contribution in [1.82, 2.24) is 0 Å². The number of aliphatic hydroxyl groups is 4. The van der Waals surface area contributed by atoms with Crippen molar-refractivity contribution in [3.05, 3.63) is 46.1 Å². The Bertz CT molecular complexity index is 1230. The average molecular weight is 448 g/mol. The smallest absolute Gasteiger partial charge is 0.197 e. The van der Waals surface area contributed by atoms with Gasteiger partial charge in [0.05, 0.1) is 12.7 Å². The van der Waals surface area contributed by atoms with Crippen LogP contribution in [0.4, 0.5) is 0 Å². The van der Waals surface area contributed by atoms with Gasteiger partial charge in [0, 0.05) is 17.7 Å². The van der Waals surface area contributed by atoms with Crippen molar-refractivity contribution in [3.63, 3.8) is 0 Å². The molecule has 1 saturated heterocycles. The molecule has 32 heavy (non-hydrogen) atoms. The normalized spacial score (nSPS) is 25.7. The van der Waals surface area contributed by atoms with Gasteiger partial charge in [0.1, 0.15) is 52.6 Å². The van der Waals surface area contributed by atoms with Gasteiger partial charge in [0.25, 0.3) is 0 Å². The van der Waals surface area contributed by atoms with E-state index in [9.17, 15) is 40.5 Å². The highest BCUT2D eigenvalue weighted by Gasteiger charge is 2.45. The minimum atomic E-state index is -1.92. The van der Waals surface area contributed by atoms with E-state index >= 15 is 0 Å². The van der Waals surface area contributed by atoms with Crippen LogP contribution in [-0.4, -0.2) is 67.5 Å². The lowest BCUT2D eigenvalue weighted by molar-refractivity contribution is -0.284. The van der Waals surface area contributed by atoms with Crippen LogP contribution in [0, 0.1) is 0 Å². The zero-order valence-corrected chi connectivity index (χ0v) is 16.5. The number of phenolic OH excluding ortho intramolecular Hbond substituents is 3. The monoisotopic (exact) mass is 448 g/mol. The quantitative estimate of drug-likeness (QED) is 0.287. The number of benzene rings is 2. The fourth-order valence-electron chi connectivity index (χ4n) is 3.66. The molecule has 0 bridgehead atoms. The molecule has 11 heteroatoms. The van der Waals surface area contributed by atoms with E-state index in [1.807, 2.05) is 0 Å². The number of methoxy groups -OCH3 is 1. The summed E-state index contributed by atoms with van der Waals surface area (Å²) >= 11 is 0. The first-order valence-corrected chi connectivity index (χ1v) is 9.41. The third-order valence-electron chi connectivity index (χ3n) is 5.35. The van der Waals surface area contributed by atoms with E-state index in [2.05, 4.69) is 0 Å². The lowest BCUT2D eigenvalue weighted by atomic mass is 9.91. The Kier molecular flexibility index (Phi) is 5.44. The Morgan fingerprint density at radius 3 is 2.31 bits per heavy atom. The molecule has 1 aliphatic rings. The Morgan fingerprint density at radius 2 is 1.62 bits per heavy atom. The number of phenols is 3. The van der Waals surface area contributed by atoms with Gasteiger partial charge in [-0.3, -0.25) is 4.79 Å². The van der Waals surface area contributed by atoms with E-state index in [1.54, 1.807) is 0 Å². The molecule has 3 aromatic rings. The highest BCUT2D eigenvalue weighted by Crippen LogP contribution is 2.44. The van der Waals surface area contributed by atoms with Gasteiger partial charge in [-0.05, 0) is 18.2 Å². The first kappa shape index (κ1) is 21.9. The summed E-state index contributed by atoms with van der Waals surface area (Å²) in [5, 5.41) is 70.1. The van der Waals surface area contributed by atoms with Gasteiger partial charge in [-0.2, -0.15) is 0 Å². The SMILES string of the molecule is COc1cc(-c2cc(=O)c3c(O)c(C4OC(O)C(O)C(O)C4O)c(O)cc3o2)ccc1O. The predicted octanol–water partition coefficient (Wildman–Crippen LogP) is 0.0578. The molecule has 0 aliphatic carbocycles. The highest BCUT2D eigenvalue weighted by atomic mass is 16.6. The number of ether oxygens (including phenoxy) is 2. The Balaban J connectivity index is 1.86. The summed E-state index contributed by atoms with van der Waals surface area (Å²) in [4.78, 5) is 12.8. The van der Waals surface area contributed by atoms with Crippen LogP contribution in [0.1, 0.15) is 11.7 Å². The second-order valence-electron chi connectivity index (χ2n) is 7.31. The maximum atomic E-state index is 12.8. The summed E-state index contributed by atoms with van der Waals surface area (Å²) in [5.41, 5.74) is -1.02. The van der Waals surface area contributed by atoms with Gasteiger partial charge in [-0.15, -0.1) is 0 Å². The van der Waals surface area contributed by atoms with Crippen LogP contribution >= 0.6 is 0 Å². The molecule has 0 radical (unpaired) electrons. The summed E-state index contributed by atoms with van der Waals surface area (Å²) < 4.78 is 15.7. The third-order valence-corrected chi connectivity index (χ3v) is 5.35. The topological polar surface area (TPSA) is 190 Å². The number of hydrogen-bond donors (Lipinski definition) is 7. The van der Waals surface area contributed by atoms with Crippen molar-refractivity contribution in [2.45, 2.75) is 30.7 Å². The first-order chi connectivity index (χ1) is 15.1. The van der Waals surface area contributed by atoms with Gasteiger partial charge in [-0.25, -0.2) is 0 Å². The summed E-state index contributed by atoms with van der Waals surface area (Å²) in [6.07, 6.45) is -9.08. The molecule has 1 aromatic heterocycles. The van der Waals surface area contributed by atoms with Crippen LogP contribution in [0.5, 0.6) is 23.0 Å². The van der Waals surface area contributed by atoms with E-state index < -0.39 is 53.2 Å². The molecule has 1 fully saturated rings. The Labute approximate surface area is 179 Å².